The van der Waals surface area contributed by atoms with Crippen molar-refractivity contribution in [1.82, 2.24) is 14.9 Å². The van der Waals surface area contributed by atoms with Crippen molar-refractivity contribution in [2.24, 2.45) is 17.8 Å². The van der Waals surface area contributed by atoms with Crippen LogP contribution < -0.4 is 10.6 Å². The van der Waals surface area contributed by atoms with Crippen LogP contribution in [-0.2, 0) is 10.0 Å². The van der Waals surface area contributed by atoms with Gasteiger partial charge in [0.25, 0.3) is 5.91 Å². The van der Waals surface area contributed by atoms with E-state index in [0.717, 1.165) is 6.42 Å². The molecule has 2 aliphatic rings. The Morgan fingerprint density at radius 1 is 1.26 bits per heavy atom. The minimum Gasteiger partial charge on any atom is -0.391 e. The van der Waals surface area contributed by atoms with Crippen molar-refractivity contribution in [2.75, 3.05) is 32.7 Å². The van der Waals surface area contributed by atoms with Gasteiger partial charge in [-0.15, -0.1) is 0 Å². The van der Waals surface area contributed by atoms with E-state index in [4.69, 9.17) is 0 Å². The summed E-state index contributed by atoms with van der Waals surface area (Å²) in [5.74, 6) is 0.284. The third-order valence-corrected chi connectivity index (χ3v) is 7.23. The van der Waals surface area contributed by atoms with Gasteiger partial charge >= 0.3 is 0 Å². The normalized spacial score (nSPS) is 29.6. The molecule has 3 N–H and O–H groups in total. The molecule has 27 heavy (non-hydrogen) atoms. The van der Waals surface area contributed by atoms with E-state index in [9.17, 15) is 18.3 Å². The minimum atomic E-state index is -3.62. The van der Waals surface area contributed by atoms with E-state index in [1.165, 1.54) is 10.4 Å². The number of hydrogen-bond donors (Lipinski definition) is 3. The molecule has 4 atom stereocenters. The maximum absolute atomic E-state index is 13.0. The number of hydrogen-bond acceptors (Lipinski definition) is 5. The van der Waals surface area contributed by atoms with Gasteiger partial charge in [-0.2, -0.15) is 4.31 Å². The number of amides is 1. The first-order valence-corrected chi connectivity index (χ1v) is 11.0. The predicted octanol–water partition coefficient (Wildman–Crippen LogP) is 0.663. The van der Waals surface area contributed by atoms with Crippen LogP contribution in [0.15, 0.2) is 29.2 Å². The van der Waals surface area contributed by atoms with Crippen LogP contribution in [0.2, 0.25) is 0 Å². The third kappa shape index (κ3) is 4.68. The summed E-state index contributed by atoms with van der Waals surface area (Å²) in [5, 5.41) is 15.7. The SMILES string of the molecule is CC1CC(C)CN(S(=O)(=O)c2cccc(C(=O)NCC3CNCC3O)c2)C1. The van der Waals surface area contributed by atoms with E-state index < -0.39 is 16.1 Å². The maximum Gasteiger partial charge on any atom is 0.251 e. The van der Waals surface area contributed by atoms with Crippen LogP contribution in [0.4, 0.5) is 0 Å². The lowest BCUT2D eigenvalue weighted by molar-refractivity contribution is 0.0927. The molecule has 0 radical (unpaired) electrons. The monoisotopic (exact) mass is 395 g/mol. The van der Waals surface area contributed by atoms with Gasteiger partial charge in [0, 0.05) is 44.2 Å². The number of rotatable bonds is 5. The lowest BCUT2D eigenvalue weighted by atomic mass is 9.94. The molecule has 8 heteroatoms. The third-order valence-electron chi connectivity index (χ3n) is 5.40. The molecule has 2 aliphatic heterocycles. The van der Waals surface area contributed by atoms with Crippen molar-refractivity contribution in [3.63, 3.8) is 0 Å². The summed E-state index contributed by atoms with van der Waals surface area (Å²) in [4.78, 5) is 12.6. The number of β-amino-alcohol motifs (C(OH)–C–C–N with tert-alkyl or cyclic N) is 1. The van der Waals surface area contributed by atoms with Crippen LogP contribution in [0.3, 0.4) is 0 Å². The van der Waals surface area contributed by atoms with Crippen molar-refractivity contribution in [3.05, 3.63) is 29.8 Å². The van der Waals surface area contributed by atoms with Gasteiger partial charge in [-0.05, 0) is 36.5 Å². The molecule has 1 aromatic carbocycles. The summed E-state index contributed by atoms with van der Waals surface area (Å²) >= 11 is 0. The highest BCUT2D eigenvalue weighted by Gasteiger charge is 2.32. The second-order valence-corrected chi connectivity index (χ2v) is 9.93. The summed E-state index contributed by atoms with van der Waals surface area (Å²) in [6.07, 6.45) is 0.552. The zero-order valence-electron chi connectivity index (χ0n) is 15.9. The first-order chi connectivity index (χ1) is 12.8. The Bertz CT molecular complexity index is 773. The molecule has 4 unspecified atom stereocenters. The van der Waals surface area contributed by atoms with E-state index in [1.54, 1.807) is 18.2 Å². The number of nitrogens with one attached hydrogen (secondary N) is 2. The highest BCUT2D eigenvalue weighted by molar-refractivity contribution is 7.89. The van der Waals surface area contributed by atoms with Crippen LogP contribution in [0.1, 0.15) is 30.6 Å². The number of nitrogens with zero attached hydrogens (tertiary/aromatic N) is 1. The average Bonchev–Trinajstić information content (AvgIpc) is 3.04. The number of carbonyl (C=O) groups excluding carboxylic acids is 1. The molecule has 0 aromatic heterocycles. The molecule has 0 saturated carbocycles. The quantitative estimate of drug-likeness (QED) is 0.680. The predicted molar refractivity (Wildman–Crippen MR) is 103 cm³/mol. The van der Waals surface area contributed by atoms with Crippen molar-refractivity contribution >= 4 is 15.9 Å². The molecule has 150 valence electrons. The zero-order chi connectivity index (χ0) is 19.6. The molecule has 1 amide bonds. The average molecular weight is 396 g/mol. The minimum absolute atomic E-state index is 0.0304. The molecule has 7 nitrogen and oxygen atoms in total. The van der Waals surface area contributed by atoms with E-state index in [2.05, 4.69) is 24.5 Å². The second-order valence-electron chi connectivity index (χ2n) is 7.99. The number of benzene rings is 1. The first kappa shape index (κ1) is 20.3. The fourth-order valence-corrected chi connectivity index (χ4v) is 5.73. The van der Waals surface area contributed by atoms with Crippen molar-refractivity contribution in [2.45, 2.75) is 31.3 Å². The van der Waals surface area contributed by atoms with Gasteiger partial charge in [-0.3, -0.25) is 4.79 Å². The topological polar surface area (TPSA) is 98.7 Å². The molecule has 0 spiro atoms. The lowest BCUT2D eigenvalue weighted by Crippen LogP contribution is -2.42. The van der Waals surface area contributed by atoms with Crippen LogP contribution in [0.5, 0.6) is 0 Å². The molecule has 0 aliphatic carbocycles. The largest absolute Gasteiger partial charge is 0.391 e. The molecule has 0 bridgehead atoms. The van der Waals surface area contributed by atoms with E-state index >= 15 is 0 Å². The number of aliphatic hydroxyl groups is 1. The zero-order valence-corrected chi connectivity index (χ0v) is 16.7. The van der Waals surface area contributed by atoms with E-state index in [-0.39, 0.29) is 16.7 Å². The number of piperidine rings is 1. The Hall–Kier alpha value is -1.48. The summed E-state index contributed by atoms with van der Waals surface area (Å²) in [5.41, 5.74) is 0.314. The van der Waals surface area contributed by atoms with E-state index in [0.29, 0.717) is 50.1 Å². The van der Waals surface area contributed by atoms with Crippen LogP contribution in [0, 0.1) is 17.8 Å². The Balaban J connectivity index is 1.71. The Morgan fingerprint density at radius 2 is 1.96 bits per heavy atom. The number of aliphatic hydroxyl groups excluding tert-OH is 1. The smallest absolute Gasteiger partial charge is 0.251 e. The Kier molecular flexibility index (Phi) is 6.20. The fourth-order valence-electron chi connectivity index (χ4n) is 4.00. The van der Waals surface area contributed by atoms with Gasteiger partial charge in [0.1, 0.15) is 0 Å². The molecule has 2 heterocycles. The summed E-state index contributed by atoms with van der Waals surface area (Å²) in [7, 11) is -3.62. The first-order valence-electron chi connectivity index (χ1n) is 9.54. The van der Waals surface area contributed by atoms with Gasteiger partial charge in [0.15, 0.2) is 0 Å². The summed E-state index contributed by atoms with van der Waals surface area (Å²) in [6.45, 7) is 6.68. The molecular weight excluding hydrogens is 366 g/mol. The summed E-state index contributed by atoms with van der Waals surface area (Å²) < 4.78 is 27.6. The molecule has 2 saturated heterocycles. The maximum atomic E-state index is 13.0. The van der Waals surface area contributed by atoms with E-state index in [1.807, 2.05) is 0 Å². The van der Waals surface area contributed by atoms with Crippen LogP contribution in [0.25, 0.3) is 0 Å². The standard InChI is InChI=1S/C19H29N3O4S/c1-13-6-14(2)12-22(11-13)27(25,26)17-5-3-4-15(7-17)19(24)21-9-16-8-20-10-18(16)23/h3-5,7,13-14,16,18,20,23H,6,8-12H2,1-2H3,(H,21,24). The van der Waals surface area contributed by atoms with Gasteiger partial charge in [0.05, 0.1) is 11.0 Å². The second kappa shape index (κ2) is 8.26. The number of carbonyl (C=O) groups is 1. The Morgan fingerprint density at radius 3 is 2.59 bits per heavy atom. The van der Waals surface area contributed by atoms with Crippen molar-refractivity contribution in [3.8, 4) is 0 Å². The number of sulfonamides is 1. The van der Waals surface area contributed by atoms with Crippen LogP contribution >= 0.6 is 0 Å². The van der Waals surface area contributed by atoms with Gasteiger partial charge in [-0.25, -0.2) is 8.42 Å². The van der Waals surface area contributed by atoms with Crippen molar-refractivity contribution < 1.29 is 18.3 Å². The lowest BCUT2D eigenvalue weighted by Gasteiger charge is -2.34. The van der Waals surface area contributed by atoms with Gasteiger partial charge < -0.3 is 15.7 Å². The van der Waals surface area contributed by atoms with Crippen molar-refractivity contribution in [1.29, 1.82) is 0 Å². The Labute approximate surface area is 161 Å². The van der Waals surface area contributed by atoms with Crippen LogP contribution in [-0.4, -0.2) is 62.6 Å². The fraction of sp³-hybridized carbons (Fsp3) is 0.632. The molecule has 3 rings (SSSR count). The molecule has 2 fully saturated rings. The summed E-state index contributed by atoms with van der Waals surface area (Å²) in [6, 6.07) is 6.20. The molecular formula is C19H29N3O4S. The highest BCUT2D eigenvalue weighted by atomic mass is 32.2. The highest BCUT2D eigenvalue weighted by Crippen LogP contribution is 2.27. The van der Waals surface area contributed by atoms with Gasteiger partial charge in [0.2, 0.25) is 10.0 Å². The molecule has 1 aromatic rings. The van der Waals surface area contributed by atoms with Gasteiger partial charge in [-0.1, -0.05) is 19.9 Å².